The lowest BCUT2D eigenvalue weighted by atomic mass is 9.94. The normalized spacial score (nSPS) is 19.6. The molecule has 1 saturated carbocycles. The molecule has 0 bridgehead atoms. The number of hydrogen-bond donors (Lipinski definition) is 0. The van der Waals surface area contributed by atoms with Crippen LogP contribution < -0.4 is 0 Å². The van der Waals surface area contributed by atoms with Crippen LogP contribution in [0.4, 0.5) is 4.39 Å². The van der Waals surface area contributed by atoms with Gasteiger partial charge in [-0.05, 0) is 37.5 Å². The van der Waals surface area contributed by atoms with E-state index < -0.39 is 5.82 Å². The maximum Gasteiger partial charge on any atom is 0.254 e. The Bertz CT molecular complexity index is 661. The zero-order valence-corrected chi connectivity index (χ0v) is 16.2. The van der Waals surface area contributed by atoms with Gasteiger partial charge >= 0.3 is 0 Å². The van der Waals surface area contributed by atoms with Crippen molar-refractivity contribution in [2.24, 2.45) is 0 Å². The van der Waals surface area contributed by atoms with Crippen LogP contribution in [-0.4, -0.2) is 72.3 Å². The summed E-state index contributed by atoms with van der Waals surface area (Å²) in [6.07, 6.45) is 6.74. The Morgan fingerprint density at radius 2 is 1.85 bits per heavy atom. The molecule has 0 spiro atoms. The number of rotatable bonds is 4. The maximum atomic E-state index is 13.4. The molecule has 0 aromatic heterocycles. The van der Waals surface area contributed by atoms with Crippen LogP contribution in [0.5, 0.6) is 0 Å². The fraction of sp³-hybridized carbons (Fsp3) is 0.619. The van der Waals surface area contributed by atoms with E-state index in [0.717, 1.165) is 25.8 Å². The molecule has 148 valence electrons. The average Bonchev–Trinajstić information content (AvgIpc) is 2.93. The van der Waals surface area contributed by atoms with Crippen molar-refractivity contribution in [1.29, 1.82) is 0 Å². The van der Waals surface area contributed by atoms with Crippen LogP contribution in [0.1, 0.15) is 48.9 Å². The van der Waals surface area contributed by atoms with E-state index in [1.54, 1.807) is 17.0 Å². The fourth-order valence-electron chi connectivity index (χ4n) is 4.11. The summed E-state index contributed by atoms with van der Waals surface area (Å²) in [5.41, 5.74) is 0.386. The summed E-state index contributed by atoms with van der Waals surface area (Å²) < 4.78 is 13.4. The number of nitrogens with zero attached hydrogens (tertiary/aromatic N) is 3. The summed E-state index contributed by atoms with van der Waals surface area (Å²) in [6, 6.07) is 6.22. The van der Waals surface area contributed by atoms with Crippen molar-refractivity contribution in [3.63, 3.8) is 0 Å². The Hall–Kier alpha value is -1.95. The molecule has 2 fully saturated rings. The smallest absolute Gasteiger partial charge is 0.254 e. The van der Waals surface area contributed by atoms with E-state index in [1.807, 2.05) is 11.9 Å². The van der Waals surface area contributed by atoms with Crippen LogP contribution in [-0.2, 0) is 4.79 Å². The number of halogens is 1. The Labute approximate surface area is 161 Å². The lowest BCUT2D eigenvalue weighted by Gasteiger charge is -2.33. The van der Waals surface area contributed by atoms with Crippen LogP contribution in [0.15, 0.2) is 24.3 Å². The molecule has 6 heteroatoms. The van der Waals surface area contributed by atoms with Crippen LogP contribution in [0.3, 0.4) is 0 Å². The molecule has 1 aliphatic heterocycles. The molecule has 1 heterocycles. The van der Waals surface area contributed by atoms with Gasteiger partial charge in [0.25, 0.3) is 5.91 Å². The molecule has 2 aliphatic rings. The second-order valence-electron chi connectivity index (χ2n) is 7.73. The van der Waals surface area contributed by atoms with Crippen molar-refractivity contribution in [2.75, 3.05) is 39.8 Å². The van der Waals surface area contributed by atoms with E-state index in [9.17, 15) is 14.0 Å². The highest BCUT2D eigenvalue weighted by Crippen LogP contribution is 2.22. The van der Waals surface area contributed by atoms with Crippen LogP contribution in [0.25, 0.3) is 0 Å². The molecule has 5 nitrogen and oxygen atoms in total. The van der Waals surface area contributed by atoms with Gasteiger partial charge in [-0.3, -0.25) is 14.5 Å². The Morgan fingerprint density at radius 3 is 2.59 bits per heavy atom. The minimum Gasteiger partial charge on any atom is -0.342 e. The fourth-order valence-corrected chi connectivity index (χ4v) is 4.11. The van der Waals surface area contributed by atoms with Crippen LogP contribution >= 0.6 is 0 Å². The van der Waals surface area contributed by atoms with Crippen molar-refractivity contribution in [2.45, 2.75) is 44.6 Å². The van der Waals surface area contributed by atoms with E-state index >= 15 is 0 Å². The highest BCUT2D eigenvalue weighted by atomic mass is 19.1. The van der Waals surface area contributed by atoms with E-state index in [4.69, 9.17) is 0 Å². The van der Waals surface area contributed by atoms with Crippen molar-refractivity contribution >= 4 is 11.8 Å². The second-order valence-corrected chi connectivity index (χ2v) is 7.73. The number of likely N-dealkylation sites (N-methyl/N-ethyl adjacent to an activating group) is 1. The summed E-state index contributed by atoms with van der Waals surface area (Å²) >= 11 is 0. The predicted octanol–water partition coefficient (Wildman–Crippen LogP) is 2.76. The molecule has 0 radical (unpaired) electrons. The Kier molecular flexibility index (Phi) is 6.83. The zero-order chi connectivity index (χ0) is 19.2. The maximum absolute atomic E-state index is 13.4. The first-order valence-electron chi connectivity index (χ1n) is 10.1. The Balaban J connectivity index is 1.52. The number of carbonyl (C=O) groups excluding carboxylic acids is 2. The zero-order valence-electron chi connectivity index (χ0n) is 16.2. The van der Waals surface area contributed by atoms with Crippen molar-refractivity contribution in [3.05, 3.63) is 35.6 Å². The summed E-state index contributed by atoms with van der Waals surface area (Å²) in [4.78, 5) is 31.1. The minimum atomic E-state index is -0.395. The first-order valence-corrected chi connectivity index (χ1v) is 10.1. The van der Waals surface area contributed by atoms with Gasteiger partial charge in [-0.2, -0.15) is 0 Å². The summed E-state index contributed by atoms with van der Waals surface area (Å²) in [5, 5.41) is 0. The van der Waals surface area contributed by atoms with Gasteiger partial charge in [0.05, 0.1) is 6.54 Å². The third kappa shape index (κ3) is 5.28. The predicted molar refractivity (Wildman–Crippen MR) is 103 cm³/mol. The molecule has 1 saturated heterocycles. The third-order valence-corrected chi connectivity index (χ3v) is 5.82. The monoisotopic (exact) mass is 375 g/mol. The molecule has 3 rings (SSSR count). The van der Waals surface area contributed by atoms with E-state index in [0.29, 0.717) is 37.8 Å². The second kappa shape index (κ2) is 9.31. The highest BCUT2D eigenvalue weighted by Gasteiger charge is 2.25. The molecule has 27 heavy (non-hydrogen) atoms. The molecule has 0 atom stereocenters. The van der Waals surface area contributed by atoms with E-state index in [1.165, 1.54) is 31.4 Å². The summed E-state index contributed by atoms with van der Waals surface area (Å²) in [5.74, 6) is -0.359. The van der Waals surface area contributed by atoms with Gasteiger partial charge in [-0.15, -0.1) is 0 Å². The van der Waals surface area contributed by atoms with Crippen molar-refractivity contribution < 1.29 is 14.0 Å². The molecule has 0 unspecified atom stereocenters. The van der Waals surface area contributed by atoms with Gasteiger partial charge in [-0.1, -0.05) is 25.3 Å². The molecular formula is C21H30FN3O2. The molecule has 1 aromatic carbocycles. The average molecular weight is 375 g/mol. The largest absolute Gasteiger partial charge is 0.342 e. The minimum absolute atomic E-state index is 0.137. The van der Waals surface area contributed by atoms with Crippen molar-refractivity contribution in [1.82, 2.24) is 14.7 Å². The van der Waals surface area contributed by atoms with Gasteiger partial charge in [0.1, 0.15) is 5.82 Å². The van der Waals surface area contributed by atoms with Crippen LogP contribution in [0.2, 0.25) is 0 Å². The van der Waals surface area contributed by atoms with Crippen molar-refractivity contribution in [3.8, 4) is 0 Å². The van der Waals surface area contributed by atoms with E-state index in [-0.39, 0.29) is 11.8 Å². The topological polar surface area (TPSA) is 43.9 Å². The molecule has 0 N–H and O–H groups in total. The van der Waals surface area contributed by atoms with Gasteiger partial charge in [0.15, 0.2) is 0 Å². The number of amides is 2. The SMILES string of the molecule is CN(C(=O)CN1CCCN(C(=O)c2cccc(F)c2)CC1)C1CCCCC1. The van der Waals surface area contributed by atoms with E-state index in [2.05, 4.69) is 4.90 Å². The number of carbonyl (C=O) groups is 2. The number of hydrogen-bond acceptors (Lipinski definition) is 3. The Morgan fingerprint density at radius 1 is 1.07 bits per heavy atom. The van der Waals surface area contributed by atoms with Crippen LogP contribution in [0, 0.1) is 5.82 Å². The lowest BCUT2D eigenvalue weighted by Crippen LogP contribution is -2.45. The molecule has 2 amide bonds. The quantitative estimate of drug-likeness (QED) is 0.813. The first kappa shape index (κ1) is 19.8. The third-order valence-electron chi connectivity index (χ3n) is 5.82. The van der Waals surface area contributed by atoms with Gasteiger partial charge in [0.2, 0.25) is 5.91 Å². The van der Waals surface area contributed by atoms with Gasteiger partial charge < -0.3 is 9.80 Å². The highest BCUT2D eigenvalue weighted by molar-refractivity contribution is 5.94. The first-order chi connectivity index (χ1) is 13.0. The summed E-state index contributed by atoms with van der Waals surface area (Å²) in [6.45, 7) is 3.09. The number of benzene rings is 1. The molecule has 1 aromatic rings. The summed E-state index contributed by atoms with van der Waals surface area (Å²) in [7, 11) is 1.93. The molecular weight excluding hydrogens is 345 g/mol. The molecule has 1 aliphatic carbocycles. The lowest BCUT2D eigenvalue weighted by molar-refractivity contribution is -0.133. The van der Waals surface area contributed by atoms with Gasteiger partial charge in [-0.25, -0.2) is 4.39 Å². The van der Waals surface area contributed by atoms with Gasteiger partial charge in [0, 0.05) is 44.8 Å². The standard InChI is InChI=1S/C21H30FN3O2/c1-23(19-9-3-2-4-10-19)20(26)16-24-11-6-12-25(14-13-24)21(27)17-7-5-8-18(22)15-17/h5,7-8,15,19H,2-4,6,9-14,16H2,1H3.